The highest BCUT2D eigenvalue weighted by molar-refractivity contribution is 6.17. The molecule has 0 unspecified atom stereocenters. The van der Waals surface area contributed by atoms with Crippen molar-refractivity contribution in [2.24, 2.45) is 0 Å². The second kappa shape index (κ2) is 21.6. The van der Waals surface area contributed by atoms with Crippen LogP contribution < -0.4 is 4.74 Å². The number of hydrogen-bond donors (Lipinski definition) is 0. The fourth-order valence-electron chi connectivity index (χ4n) is 17.6. The normalized spacial score (nSPS) is 12.4. The van der Waals surface area contributed by atoms with Crippen molar-refractivity contribution in [2.75, 3.05) is 0 Å². The number of rotatable bonds is 9. The van der Waals surface area contributed by atoms with Crippen LogP contribution in [-0.4, -0.2) is 18.3 Å². The first-order valence-corrected chi connectivity index (χ1v) is 36.0. The number of benzene rings is 16. The predicted molar refractivity (Wildman–Crippen MR) is 434 cm³/mol. The van der Waals surface area contributed by atoms with Crippen LogP contribution in [0, 0.1) is 0 Å². The van der Waals surface area contributed by atoms with E-state index < -0.39 is 0 Å². The van der Waals surface area contributed by atoms with Crippen LogP contribution in [0.3, 0.4) is 0 Å². The second-order valence-corrected chi connectivity index (χ2v) is 28.3. The molecule has 9 nitrogen and oxygen atoms in total. The number of para-hydroxylation sites is 6. The molecular weight excluding hydrogens is 1300 g/mol. The molecule has 24 rings (SSSR count). The van der Waals surface area contributed by atoms with Gasteiger partial charge in [-0.05, 0) is 186 Å². The third kappa shape index (κ3) is 8.41. The molecule has 494 valence electrons. The molecule has 0 bridgehead atoms. The van der Waals surface area contributed by atoms with Crippen LogP contribution in [0.2, 0.25) is 0 Å². The van der Waals surface area contributed by atoms with E-state index in [4.69, 9.17) is 22.4 Å². The number of furan rings is 4. The summed E-state index contributed by atoms with van der Waals surface area (Å²) >= 11 is 0. The van der Waals surface area contributed by atoms with Crippen molar-refractivity contribution in [3.8, 4) is 45.4 Å². The van der Waals surface area contributed by atoms with Gasteiger partial charge >= 0.3 is 0 Å². The van der Waals surface area contributed by atoms with Gasteiger partial charge in [0.15, 0.2) is 0 Å². The highest BCUT2D eigenvalue weighted by Crippen LogP contribution is 2.45. The average Bonchev–Trinajstić information content (AvgIpc) is 1.58. The van der Waals surface area contributed by atoms with Crippen LogP contribution >= 0.6 is 0 Å². The first-order chi connectivity index (χ1) is 52.5. The van der Waals surface area contributed by atoms with Crippen molar-refractivity contribution < 1.29 is 22.4 Å². The summed E-state index contributed by atoms with van der Waals surface area (Å²) in [5.41, 5.74) is 24.6. The summed E-state index contributed by atoms with van der Waals surface area (Å²) in [5, 5.41) is 18.0. The fourth-order valence-corrected chi connectivity index (χ4v) is 17.6. The summed E-state index contributed by atoms with van der Waals surface area (Å²) in [6.45, 7) is 0. The summed E-state index contributed by atoms with van der Waals surface area (Å²) in [5.74, 6) is 1.46. The minimum Gasteiger partial charge on any atom is -0.457 e. The highest BCUT2D eigenvalue weighted by Gasteiger charge is 2.23. The van der Waals surface area contributed by atoms with E-state index in [2.05, 4.69) is 303 Å². The zero-order chi connectivity index (χ0) is 69.0. The second-order valence-electron chi connectivity index (χ2n) is 28.3. The lowest BCUT2D eigenvalue weighted by atomic mass is 10.0. The van der Waals surface area contributed by atoms with Crippen molar-refractivity contribution in [3.63, 3.8) is 0 Å². The van der Waals surface area contributed by atoms with Gasteiger partial charge in [0.05, 0.1) is 44.1 Å². The van der Waals surface area contributed by atoms with Crippen molar-refractivity contribution in [3.05, 3.63) is 339 Å². The predicted octanol–water partition coefficient (Wildman–Crippen LogP) is 26.7. The highest BCUT2D eigenvalue weighted by atomic mass is 16.5. The molecule has 106 heavy (non-hydrogen) atoms. The number of nitrogens with zero attached hydrogens (tertiary/aromatic N) is 4. The van der Waals surface area contributed by atoms with Gasteiger partial charge in [-0.25, -0.2) is 0 Å². The summed E-state index contributed by atoms with van der Waals surface area (Å²) in [4.78, 5) is 0. The van der Waals surface area contributed by atoms with Gasteiger partial charge in [0.25, 0.3) is 0 Å². The van der Waals surface area contributed by atoms with Gasteiger partial charge in [0.1, 0.15) is 56.2 Å². The van der Waals surface area contributed by atoms with E-state index in [0.29, 0.717) is 0 Å². The largest absolute Gasteiger partial charge is 0.457 e. The summed E-state index contributed by atoms with van der Waals surface area (Å²) in [6, 6.07) is 118. The zero-order valence-corrected chi connectivity index (χ0v) is 56.7. The van der Waals surface area contributed by atoms with E-state index in [1.165, 1.54) is 49.1 Å². The molecule has 8 aromatic heterocycles. The van der Waals surface area contributed by atoms with Gasteiger partial charge in [-0.3, -0.25) is 0 Å². The molecule has 0 fully saturated rings. The molecule has 9 heteroatoms. The van der Waals surface area contributed by atoms with E-state index in [9.17, 15) is 0 Å². The van der Waals surface area contributed by atoms with E-state index in [1.807, 2.05) is 42.5 Å². The van der Waals surface area contributed by atoms with Crippen molar-refractivity contribution in [1.29, 1.82) is 0 Å². The lowest BCUT2D eigenvalue weighted by molar-refractivity contribution is 0.484. The Morgan fingerprint density at radius 1 is 0.189 bits per heavy atom. The van der Waals surface area contributed by atoms with Crippen LogP contribution in [0.5, 0.6) is 11.5 Å². The molecule has 0 atom stereocenters. The molecule has 0 N–H and O–H groups in total. The molecule has 0 aliphatic carbocycles. The van der Waals surface area contributed by atoms with Gasteiger partial charge in [-0.15, -0.1) is 0 Å². The van der Waals surface area contributed by atoms with Gasteiger partial charge in [-0.1, -0.05) is 158 Å². The van der Waals surface area contributed by atoms with Gasteiger partial charge in [0.2, 0.25) is 0 Å². The van der Waals surface area contributed by atoms with Crippen LogP contribution in [0.25, 0.3) is 209 Å². The van der Waals surface area contributed by atoms with Gasteiger partial charge in [-0.2, -0.15) is 0 Å². The quantitative estimate of drug-likeness (QED) is 0.144. The molecule has 0 amide bonds. The molecule has 0 aliphatic rings. The lowest BCUT2D eigenvalue weighted by Gasteiger charge is -2.12. The maximum atomic E-state index is 7.08. The topological polar surface area (TPSA) is 81.5 Å². The molecule has 24 aromatic rings. The first-order valence-electron chi connectivity index (χ1n) is 36.0. The lowest BCUT2D eigenvalue weighted by Crippen LogP contribution is -1.96. The SMILES string of the molecule is c1ccc2c(c1)oc1ccc(-n3c4ccccc4c4ccc(Cc5ccc6c7ccc(-c8ccc9c%10ccc(Oc%11ccc%12c%13ccccc%13n(-c%13ccc%14oc%15ccccc%15c%14c%13)c%12c%11)cc%10n(-c%10ccc%11oc%12ccccc%12c%11c%10)c9c8)cc7n(-c7ccc8oc9ccccc9c8c7)c6c5)cc43)cc12. The minimum absolute atomic E-state index is 0.724. The van der Waals surface area contributed by atoms with E-state index in [0.717, 1.165) is 189 Å². The number of aromatic nitrogens is 4. The molecule has 16 aromatic carbocycles. The molecule has 8 heterocycles. The van der Waals surface area contributed by atoms with Crippen molar-refractivity contribution in [2.45, 2.75) is 6.42 Å². The van der Waals surface area contributed by atoms with Crippen molar-refractivity contribution >= 4 is 175 Å². The smallest absolute Gasteiger partial charge is 0.135 e. The maximum Gasteiger partial charge on any atom is 0.135 e. The standard InChI is InChI=1S/C97H56N4O5/c1-7-19-82-66(13-1)68-35-25-56(46-84(68)98(82)60-29-41-94-78(50-60)74-15-3-9-21-90(74)103-94)45-57-26-36-69-70-37-27-58(48-86(70)100(85(69)47-57)62-31-43-96-80(52-62)76-17-5-11-23-92(76)105-96)59-28-38-71-73-40-34-65(55-89(73)101(87(71)49-59)63-32-44-97-81(53-63)77-18-6-12-24-93(77)106-97)102-64-33-39-72-67-14-2-8-20-83(67)99(88(72)54-64)61-30-42-95-79(51-61)75-16-4-10-22-91(75)104-95/h1-44,46-55H,45H2. The average molecular weight is 1360 g/mol. The monoisotopic (exact) mass is 1360 g/mol. The van der Waals surface area contributed by atoms with E-state index >= 15 is 0 Å². The Hall–Kier alpha value is -14.3. The maximum absolute atomic E-state index is 7.08. The molecular formula is C97H56N4O5. The summed E-state index contributed by atoms with van der Waals surface area (Å²) in [6.07, 6.45) is 0.730. The van der Waals surface area contributed by atoms with Gasteiger partial charge in [0, 0.05) is 121 Å². The third-order valence-corrected chi connectivity index (χ3v) is 22.4. The summed E-state index contributed by atoms with van der Waals surface area (Å²) in [7, 11) is 0. The van der Waals surface area contributed by atoms with Crippen LogP contribution in [0.15, 0.2) is 345 Å². The van der Waals surface area contributed by atoms with E-state index in [-0.39, 0.29) is 0 Å². The fraction of sp³-hybridized carbons (Fsp3) is 0.0103. The Morgan fingerprint density at radius 2 is 0.453 bits per heavy atom. The Labute approximate surface area is 602 Å². The van der Waals surface area contributed by atoms with Crippen LogP contribution in [0.1, 0.15) is 11.1 Å². The van der Waals surface area contributed by atoms with Gasteiger partial charge < -0.3 is 40.7 Å². The molecule has 0 spiro atoms. The Morgan fingerprint density at radius 3 is 0.811 bits per heavy atom. The Bertz CT molecular complexity index is 7470. The Kier molecular flexibility index (Phi) is 11.7. The Balaban J connectivity index is 0.651. The molecule has 0 saturated carbocycles. The van der Waals surface area contributed by atoms with Crippen LogP contribution in [-0.2, 0) is 6.42 Å². The van der Waals surface area contributed by atoms with Crippen LogP contribution in [0.4, 0.5) is 0 Å². The molecule has 0 aliphatic heterocycles. The minimum atomic E-state index is 0.724. The van der Waals surface area contributed by atoms with Crippen molar-refractivity contribution in [1.82, 2.24) is 18.3 Å². The number of ether oxygens (including phenoxy) is 1. The number of hydrogen-bond acceptors (Lipinski definition) is 5. The number of fused-ring (bicyclic) bond motifs is 24. The summed E-state index contributed by atoms with van der Waals surface area (Å²) < 4.78 is 42.3. The molecule has 0 saturated heterocycles. The first kappa shape index (κ1) is 57.4. The third-order valence-electron chi connectivity index (χ3n) is 22.4. The molecule has 0 radical (unpaired) electrons. The zero-order valence-electron chi connectivity index (χ0n) is 56.7. The van der Waals surface area contributed by atoms with E-state index in [1.54, 1.807) is 0 Å².